The van der Waals surface area contributed by atoms with Gasteiger partial charge in [0.15, 0.2) is 0 Å². The first-order valence-corrected chi connectivity index (χ1v) is 9.04. The number of rotatable bonds is 8. The zero-order valence-electron chi connectivity index (χ0n) is 11.7. The molecule has 0 fully saturated rings. The first kappa shape index (κ1) is 16.5. The molecule has 0 aromatic heterocycles. The molecule has 0 aliphatic heterocycles. The first-order valence-electron chi connectivity index (χ1n) is 6.67. The summed E-state index contributed by atoms with van der Waals surface area (Å²) in [5.41, 5.74) is 1.82. The Morgan fingerprint density at radius 1 is 1.32 bits per heavy atom. The van der Waals surface area contributed by atoms with Crippen molar-refractivity contribution in [2.75, 3.05) is 18.9 Å². The average Bonchev–Trinajstić information content (AvgIpc) is 2.37. The third kappa shape index (κ3) is 5.52. The molecule has 0 saturated heterocycles. The SMILES string of the molecule is C=C(CP(=O)(CCCC)OCC)c1ccc(Cl)cc1. The summed E-state index contributed by atoms with van der Waals surface area (Å²) in [6.45, 7) is 8.48. The van der Waals surface area contributed by atoms with E-state index in [9.17, 15) is 4.57 Å². The van der Waals surface area contributed by atoms with Gasteiger partial charge in [-0.15, -0.1) is 0 Å². The molecule has 0 saturated carbocycles. The summed E-state index contributed by atoms with van der Waals surface area (Å²) in [6.07, 6.45) is 2.99. The molecule has 0 heterocycles. The topological polar surface area (TPSA) is 26.3 Å². The number of halogens is 1. The molecule has 106 valence electrons. The van der Waals surface area contributed by atoms with Crippen molar-refractivity contribution in [3.8, 4) is 0 Å². The van der Waals surface area contributed by atoms with Gasteiger partial charge in [-0.05, 0) is 36.6 Å². The van der Waals surface area contributed by atoms with Crippen LogP contribution in [0.5, 0.6) is 0 Å². The Hall–Kier alpha value is -0.560. The number of allylic oxidation sites excluding steroid dienone is 1. The van der Waals surface area contributed by atoms with Gasteiger partial charge in [-0.25, -0.2) is 0 Å². The van der Waals surface area contributed by atoms with Crippen molar-refractivity contribution in [2.45, 2.75) is 26.7 Å². The Labute approximate surface area is 121 Å². The van der Waals surface area contributed by atoms with Crippen molar-refractivity contribution in [1.29, 1.82) is 0 Å². The van der Waals surface area contributed by atoms with Crippen LogP contribution in [0.25, 0.3) is 5.57 Å². The van der Waals surface area contributed by atoms with Crippen LogP contribution in [0.15, 0.2) is 30.8 Å². The maximum absolute atomic E-state index is 12.7. The van der Waals surface area contributed by atoms with E-state index in [2.05, 4.69) is 13.5 Å². The smallest absolute Gasteiger partial charge is 0.207 e. The van der Waals surface area contributed by atoms with Crippen LogP contribution in [0.1, 0.15) is 32.3 Å². The lowest BCUT2D eigenvalue weighted by Gasteiger charge is -2.19. The van der Waals surface area contributed by atoms with E-state index in [1.807, 2.05) is 31.2 Å². The largest absolute Gasteiger partial charge is 0.329 e. The quantitative estimate of drug-likeness (QED) is 0.595. The predicted molar refractivity (Wildman–Crippen MR) is 84.4 cm³/mol. The Kier molecular flexibility index (Phi) is 6.85. The molecule has 0 radical (unpaired) electrons. The molecule has 0 aliphatic rings. The minimum atomic E-state index is -2.60. The van der Waals surface area contributed by atoms with Crippen molar-refractivity contribution in [2.24, 2.45) is 0 Å². The fraction of sp³-hybridized carbons (Fsp3) is 0.467. The lowest BCUT2D eigenvalue weighted by Crippen LogP contribution is -2.02. The zero-order chi connectivity index (χ0) is 14.3. The maximum Gasteiger partial charge on any atom is 0.207 e. The Balaban J connectivity index is 2.75. The number of hydrogen-bond donors (Lipinski definition) is 0. The highest BCUT2D eigenvalue weighted by atomic mass is 35.5. The van der Waals surface area contributed by atoms with Crippen LogP contribution in [0.4, 0.5) is 0 Å². The second kappa shape index (κ2) is 7.89. The summed E-state index contributed by atoms with van der Waals surface area (Å²) in [7, 11) is -2.60. The van der Waals surface area contributed by atoms with E-state index in [-0.39, 0.29) is 0 Å². The summed E-state index contributed by atoms with van der Waals surface area (Å²) in [5.74, 6) is 0. The highest BCUT2D eigenvalue weighted by molar-refractivity contribution is 7.59. The predicted octanol–water partition coefficient (Wildman–Crippen LogP) is 5.47. The fourth-order valence-electron chi connectivity index (χ4n) is 1.89. The van der Waals surface area contributed by atoms with E-state index in [1.54, 1.807) is 0 Å². The van der Waals surface area contributed by atoms with Gasteiger partial charge in [0.1, 0.15) is 0 Å². The molecule has 4 heteroatoms. The average molecular weight is 301 g/mol. The second-order valence-electron chi connectivity index (χ2n) is 4.58. The highest BCUT2D eigenvalue weighted by Crippen LogP contribution is 2.50. The molecular formula is C15H22ClO2P. The summed E-state index contributed by atoms with van der Waals surface area (Å²) >= 11 is 5.86. The normalized spacial score (nSPS) is 14.1. The summed E-state index contributed by atoms with van der Waals surface area (Å²) in [5, 5.41) is 0.690. The van der Waals surface area contributed by atoms with E-state index in [0.29, 0.717) is 24.0 Å². The van der Waals surface area contributed by atoms with Gasteiger partial charge in [-0.1, -0.05) is 43.7 Å². The molecule has 1 atom stereocenters. The van der Waals surface area contributed by atoms with Crippen LogP contribution in [-0.4, -0.2) is 18.9 Å². The van der Waals surface area contributed by atoms with Gasteiger partial charge < -0.3 is 4.52 Å². The second-order valence-corrected chi connectivity index (χ2v) is 7.67. The third-order valence-electron chi connectivity index (χ3n) is 2.90. The van der Waals surface area contributed by atoms with Crippen LogP contribution in [0, 0.1) is 0 Å². The fourth-order valence-corrected chi connectivity index (χ4v) is 4.43. The van der Waals surface area contributed by atoms with E-state index in [4.69, 9.17) is 16.1 Å². The number of benzene rings is 1. The molecule has 0 amide bonds. The van der Waals surface area contributed by atoms with E-state index >= 15 is 0 Å². The van der Waals surface area contributed by atoms with Crippen LogP contribution in [-0.2, 0) is 9.09 Å². The molecule has 2 nitrogen and oxygen atoms in total. The van der Waals surface area contributed by atoms with Gasteiger partial charge in [-0.2, -0.15) is 0 Å². The molecule has 0 spiro atoms. The van der Waals surface area contributed by atoms with Crippen molar-refractivity contribution in [3.05, 3.63) is 41.4 Å². The molecule has 0 bridgehead atoms. The van der Waals surface area contributed by atoms with Gasteiger partial charge in [0.25, 0.3) is 0 Å². The summed E-state index contributed by atoms with van der Waals surface area (Å²) in [4.78, 5) is 0. The van der Waals surface area contributed by atoms with Gasteiger partial charge >= 0.3 is 0 Å². The molecule has 1 aromatic rings. The van der Waals surface area contributed by atoms with Crippen LogP contribution in [0.2, 0.25) is 5.02 Å². The standard InChI is InChI=1S/C15H22ClO2P/c1-4-6-11-19(17,18-5-2)12-13(3)14-7-9-15(16)10-8-14/h7-10H,3-6,11-12H2,1-2H3. The summed E-state index contributed by atoms with van der Waals surface area (Å²) < 4.78 is 18.2. The molecule has 1 rings (SSSR count). The Bertz CT molecular complexity index is 454. The highest BCUT2D eigenvalue weighted by Gasteiger charge is 2.23. The van der Waals surface area contributed by atoms with E-state index in [1.165, 1.54) is 0 Å². The van der Waals surface area contributed by atoms with Crippen molar-refractivity contribution in [1.82, 2.24) is 0 Å². The molecule has 19 heavy (non-hydrogen) atoms. The Morgan fingerprint density at radius 2 is 1.95 bits per heavy atom. The minimum Gasteiger partial charge on any atom is -0.329 e. The van der Waals surface area contributed by atoms with Crippen molar-refractivity contribution < 1.29 is 9.09 Å². The van der Waals surface area contributed by atoms with Gasteiger partial charge in [0, 0.05) is 17.3 Å². The van der Waals surface area contributed by atoms with Gasteiger partial charge in [0.05, 0.1) is 6.61 Å². The molecule has 1 unspecified atom stereocenters. The molecule has 0 aliphatic carbocycles. The van der Waals surface area contributed by atoms with Crippen LogP contribution < -0.4 is 0 Å². The minimum absolute atomic E-state index is 0.419. The third-order valence-corrected chi connectivity index (χ3v) is 5.74. The number of unbranched alkanes of at least 4 members (excludes halogenated alkanes) is 1. The van der Waals surface area contributed by atoms with Gasteiger partial charge in [-0.3, -0.25) is 4.57 Å². The molecule has 1 aromatic carbocycles. The van der Waals surface area contributed by atoms with E-state index < -0.39 is 7.37 Å². The summed E-state index contributed by atoms with van der Waals surface area (Å²) in [6, 6.07) is 7.45. The maximum atomic E-state index is 12.7. The van der Waals surface area contributed by atoms with Crippen molar-refractivity contribution >= 4 is 24.5 Å². The Morgan fingerprint density at radius 3 is 2.47 bits per heavy atom. The van der Waals surface area contributed by atoms with Gasteiger partial charge in [0.2, 0.25) is 7.37 Å². The van der Waals surface area contributed by atoms with Crippen LogP contribution in [0.3, 0.4) is 0 Å². The lowest BCUT2D eigenvalue weighted by atomic mass is 10.1. The monoisotopic (exact) mass is 300 g/mol. The molecule has 0 N–H and O–H groups in total. The first-order chi connectivity index (χ1) is 9.00. The molecular weight excluding hydrogens is 279 g/mol. The zero-order valence-corrected chi connectivity index (χ0v) is 13.3. The van der Waals surface area contributed by atoms with Crippen LogP contribution >= 0.6 is 19.0 Å². The van der Waals surface area contributed by atoms with E-state index in [0.717, 1.165) is 24.0 Å². The number of hydrogen-bond acceptors (Lipinski definition) is 2. The van der Waals surface area contributed by atoms with Crippen molar-refractivity contribution in [3.63, 3.8) is 0 Å². The lowest BCUT2D eigenvalue weighted by molar-refractivity contribution is 0.334.